The predicted octanol–water partition coefficient (Wildman–Crippen LogP) is 4.52. The minimum atomic E-state index is -0.769. The van der Waals surface area contributed by atoms with Crippen LogP contribution < -0.4 is 0 Å². The molecule has 3 aromatic rings. The number of benzene rings is 2. The fourth-order valence-electron chi connectivity index (χ4n) is 2.70. The molecule has 112 valence electrons. The third kappa shape index (κ3) is 2.85. The fourth-order valence-corrected chi connectivity index (χ4v) is 2.83. The fraction of sp³-hybridized carbons (Fsp3) is 0.167. The second-order valence-corrected chi connectivity index (χ2v) is 5.82. The van der Waals surface area contributed by atoms with E-state index < -0.39 is 5.97 Å². The van der Waals surface area contributed by atoms with E-state index in [2.05, 4.69) is 16.7 Å². The maximum Gasteiger partial charge on any atom is 0.303 e. The van der Waals surface area contributed by atoms with E-state index in [1.165, 1.54) is 0 Å². The molecule has 0 aliphatic heterocycles. The smallest absolute Gasteiger partial charge is 0.303 e. The van der Waals surface area contributed by atoms with Crippen molar-refractivity contribution in [1.29, 1.82) is 0 Å². The standard InChI is InChI=1S/C18H16ClNO2/c1-20-16-8-2-12(3-9-18(21)22)10-14(16)11-17(20)13-4-6-15(19)7-5-13/h2,4-8,10-11H,3,9H2,1H3,(H,21,22). The normalized spacial score (nSPS) is 11.0. The molecule has 1 aromatic heterocycles. The molecule has 4 heteroatoms. The van der Waals surface area contributed by atoms with Crippen LogP contribution in [0, 0.1) is 0 Å². The first-order valence-electron chi connectivity index (χ1n) is 7.10. The molecule has 1 heterocycles. The quantitative estimate of drug-likeness (QED) is 0.769. The van der Waals surface area contributed by atoms with Gasteiger partial charge in [-0.05, 0) is 47.9 Å². The molecule has 1 N–H and O–H groups in total. The van der Waals surface area contributed by atoms with Crippen molar-refractivity contribution in [2.24, 2.45) is 7.05 Å². The Kier molecular flexibility index (Phi) is 3.90. The van der Waals surface area contributed by atoms with E-state index in [-0.39, 0.29) is 6.42 Å². The van der Waals surface area contributed by atoms with Gasteiger partial charge in [0, 0.05) is 35.1 Å². The van der Waals surface area contributed by atoms with Gasteiger partial charge in [0.25, 0.3) is 0 Å². The van der Waals surface area contributed by atoms with Gasteiger partial charge >= 0.3 is 5.97 Å². The van der Waals surface area contributed by atoms with Gasteiger partial charge < -0.3 is 9.67 Å². The van der Waals surface area contributed by atoms with Gasteiger partial charge in [0.15, 0.2) is 0 Å². The van der Waals surface area contributed by atoms with Crippen LogP contribution in [0.15, 0.2) is 48.5 Å². The minimum Gasteiger partial charge on any atom is -0.481 e. The van der Waals surface area contributed by atoms with E-state index in [4.69, 9.17) is 16.7 Å². The van der Waals surface area contributed by atoms with Crippen LogP contribution in [0.2, 0.25) is 5.02 Å². The third-order valence-corrected chi connectivity index (χ3v) is 4.13. The number of carboxylic acid groups (broad SMARTS) is 1. The molecule has 0 atom stereocenters. The molecule has 3 rings (SSSR count). The molecule has 3 nitrogen and oxygen atoms in total. The van der Waals surface area contributed by atoms with Gasteiger partial charge in [0.1, 0.15) is 0 Å². The average Bonchev–Trinajstić information content (AvgIpc) is 2.83. The highest BCUT2D eigenvalue weighted by atomic mass is 35.5. The molecule has 0 saturated heterocycles. The van der Waals surface area contributed by atoms with Crippen LogP contribution in [-0.4, -0.2) is 15.6 Å². The largest absolute Gasteiger partial charge is 0.481 e. The lowest BCUT2D eigenvalue weighted by Gasteiger charge is -2.05. The summed E-state index contributed by atoms with van der Waals surface area (Å²) in [4.78, 5) is 10.7. The average molecular weight is 314 g/mol. The molecular formula is C18H16ClNO2. The molecule has 0 fully saturated rings. The van der Waals surface area contributed by atoms with Crippen molar-refractivity contribution in [2.75, 3.05) is 0 Å². The zero-order chi connectivity index (χ0) is 15.7. The molecular weight excluding hydrogens is 298 g/mol. The Morgan fingerprint density at radius 2 is 1.86 bits per heavy atom. The number of carbonyl (C=O) groups is 1. The Labute approximate surface area is 133 Å². The van der Waals surface area contributed by atoms with Crippen LogP contribution in [0.4, 0.5) is 0 Å². The second-order valence-electron chi connectivity index (χ2n) is 5.38. The van der Waals surface area contributed by atoms with Crippen molar-refractivity contribution in [3.05, 3.63) is 59.1 Å². The molecule has 0 radical (unpaired) electrons. The highest BCUT2D eigenvalue weighted by Crippen LogP contribution is 2.29. The first kappa shape index (κ1) is 14.7. The summed E-state index contributed by atoms with van der Waals surface area (Å²) in [6.07, 6.45) is 0.707. The van der Waals surface area contributed by atoms with E-state index in [9.17, 15) is 4.79 Å². The van der Waals surface area contributed by atoms with Crippen molar-refractivity contribution in [3.8, 4) is 11.3 Å². The van der Waals surface area contributed by atoms with E-state index >= 15 is 0 Å². The lowest BCUT2D eigenvalue weighted by molar-refractivity contribution is -0.136. The zero-order valence-corrected chi connectivity index (χ0v) is 13.0. The number of hydrogen-bond acceptors (Lipinski definition) is 1. The number of rotatable bonds is 4. The van der Waals surface area contributed by atoms with Crippen molar-refractivity contribution in [3.63, 3.8) is 0 Å². The molecule has 0 bridgehead atoms. The number of aliphatic carboxylic acids is 1. The van der Waals surface area contributed by atoms with Crippen LogP contribution in [0.5, 0.6) is 0 Å². The summed E-state index contributed by atoms with van der Waals surface area (Å²) in [5.41, 5.74) is 4.39. The van der Waals surface area contributed by atoms with E-state index in [1.807, 2.05) is 43.4 Å². The number of hydrogen-bond donors (Lipinski definition) is 1. The number of aromatic nitrogens is 1. The van der Waals surface area contributed by atoms with Gasteiger partial charge in [0.05, 0.1) is 0 Å². The minimum absolute atomic E-state index is 0.155. The van der Waals surface area contributed by atoms with Crippen LogP contribution in [0.3, 0.4) is 0 Å². The summed E-state index contributed by atoms with van der Waals surface area (Å²) in [6.45, 7) is 0. The molecule has 0 unspecified atom stereocenters. The summed E-state index contributed by atoms with van der Waals surface area (Å²) < 4.78 is 2.14. The van der Waals surface area contributed by atoms with Crippen molar-refractivity contribution < 1.29 is 9.90 Å². The molecule has 0 aliphatic carbocycles. The Morgan fingerprint density at radius 1 is 1.14 bits per heavy atom. The van der Waals surface area contributed by atoms with Gasteiger partial charge in [-0.25, -0.2) is 0 Å². The molecule has 22 heavy (non-hydrogen) atoms. The first-order chi connectivity index (χ1) is 10.5. The first-order valence-corrected chi connectivity index (χ1v) is 7.48. The Bertz CT molecular complexity index is 834. The van der Waals surface area contributed by atoms with Gasteiger partial charge in [-0.1, -0.05) is 29.8 Å². The van der Waals surface area contributed by atoms with Crippen LogP contribution >= 0.6 is 11.6 Å². The maximum atomic E-state index is 10.7. The summed E-state index contributed by atoms with van der Waals surface area (Å²) >= 11 is 5.94. The van der Waals surface area contributed by atoms with Gasteiger partial charge in [-0.15, -0.1) is 0 Å². The molecule has 2 aromatic carbocycles. The van der Waals surface area contributed by atoms with E-state index in [1.54, 1.807) is 0 Å². The SMILES string of the molecule is Cn1c(-c2ccc(Cl)cc2)cc2cc(CCC(=O)O)ccc21. The Hall–Kier alpha value is -2.26. The number of nitrogens with zero attached hydrogens (tertiary/aromatic N) is 1. The summed E-state index contributed by atoms with van der Waals surface area (Å²) in [5, 5.41) is 10.6. The number of carboxylic acids is 1. The summed E-state index contributed by atoms with van der Waals surface area (Å²) in [7, 11) is 2.03. The number of halogens is 1. The summed E-state index contributed by atoms with van der Waals surface area (Å²) in [5.74, 6) is -0.769. The van der Waals surface area contributed by atoms with E-state index in [0.717, 1.165) is 32.7 Å². The zero-order valence-electron chi connectivity index (χ0n) is 12.2. The van der Waals surface area contributed by atoms with Gasteiger partial charge in [0.2, 0.25) is 0 Å². The Morgan fingerprint density at radius 3 is 2.55 bits per heavy atom. The van der Waals surface area contributed by atoms with Crippen LogP contribution in [0.1, 0.15) is 12.0 Å². The highest BCUT2D eigenvalue weighted by Gasteiger charge is 2.09. The second kappa shape index (κ2) is 5.85. The van der Waals surface area contributed by atoms with Gasteiger partial charge in [-0.3, -0.25) is 4.79 Å². The van der Waals surface area contributed by atoms with Crippen molar-refractivity contribution in [1.82, 2.24) is 4.57 Å². The maximum absolute atomic E-state index is 10.7. The number of aryl methyl sites for hydroxylation is 2. The molecule has 0 spiro atoms. The van der Waals surface area contributed by atoms with Crippen molar-refractivity contribution >= 4 is 28.5 Å². The predicted molar refractivity (Wildman–Crippen MR) is 89.3 cm³/mol. The number of fused-ring (bicyclic) bond motifs is 1. The highest BCUT2D eigenvalue weighted by molar-refractivity contribution is 6.30. The lowest BCUT2D eigenvalue weighted by Crippen LogP contribution is -1.97. The molecule has 0 aliphatic rings. The third-order valence-electron chi connectivity index (χ3n) is 3.87. The lowest BCUT2D eigenvalue weighted by atomic mass is 10.1. The van der Waals surface area contributed by atoms with Crippen molar-refractivity contribution in [2.45, 2.75) is 12.8 Å². The van der Waals surface area contributed by atoms with Crippen LogP contribution in [0.25, 0.3) is 22.2 Å². The monoisotopic (exact) mass is 313 g/mol. The van der Waals surface area contributed by atoms with Gasteiger partial charge in [-0.2, -0.15) is 0 Å². The molecule has 0 saturated carbocycles. The Balaban J connectivity index is 2.00. The van der Waals surface area contributed by atoms with E-state index in [0.29, 0.717) is 6.42 Å². The summed E-state index contributed by atoms with van der Waals surface area (Å²) in [6, 6.07) is 16.0. The van der Waals surface area contributed by atoms with Crippen LogP contribution in [-0.2, 0) is 18.3 Å². The topological polar surface area (TPSA) is 42.2 Å². The molecule has 0 amide bonds.